The van der Waals surface area contributed by atoms with Gasteiger partial charge in [0, 0.05) is 11.0 Å². The van der Waals surface area contributed by atoms with Crippen molar-refractivity contribution in [3.63, 3.8) is 0 Å². The minimum absolute atomic E-state index is 0.0966. The summed E-state index contributed by atoms with van der Waals surface area (Å²) in [7, 11) is 0. The molecule has 0 atom stereocenters. The number of carbonyl (C=O) groups is 1. The number of ether oxygens (including phenoxy) is 1. The predicted molar refractivity (Wildman–Crippen MR) is 70.0 cm³/mol. The van der Waals surface area contributed by atoms with E-state index in [9.17, 15) is 9.18 Å². The maximum atomic E-state index is 13.7. The molecule has 1 aromatic carbocycles. The summed E-state index contributed by atoms with van der Waals surface area (Å²) in [5.41, 5.74) is -0.316. The van der Waals surface area contributed by atoms with Crippen LogP contribution in [0.5, 0.6) is 0 Å². The molecular weight excluding hydrogens is 301 g/mol. The van der Waals surface area contributed by atoms with Gasteiger partial charge in [-0.1, -0.05) is 15.9 Å². The summed E-state index contributed by atoms with van der Waals surface area (Å²) in [5, 5.41) is 0. The average Bonchev–Trinajstić information content (AvgIpc) is 2.31. The number of rotatable bonds is 1. The Bertz CT molecular complexity index is 476. The number of nitrogens with zero attached hydrogens (tertiary/aromatic N) is 1. The van der Waals surface area contributed by atoms with Gasteiger partial charge in [0.2, 0.25) is 0 Å². The Morgan fingerprint density at radius 3 is 2.89 bits per heavy atom. The highest BCUT2D eigenvalue weighted by atomic mass is 79.9. The second-order valence-corrected chi connectivity index (χ2v) is 5.86. The highest BCUT2D eigenvalue weighted by molar-refractivity contribution is 9.10. The smallest absolute Gasteiger partial charge is 0.257 e. The van der Waals surface area contributed by atoms with Gasteiger partial charge in [-0.15, -0.1) is 0 Å². The molecule has 5 heteroatoms. The van der Waals surface area contributed by atoms with Gasteiger partial charge in [-0.05, 0) is 32.0 Å². The van der Waals surface area contributed by atoms with Crippen LogP contribution in [0.2, 0.25) is 0 Å². The van der Waals surface area contributed by atoms with Crippen molar-refractivity contribution in [3.05, 3.63) is 34.1 Å². The molecule has 2 rings (SSSR count). The first-order valence-corrected chi connectivity index (χ1v) is 6.56. The minimum Gasteiger partial charge on any atom is -0.377 e. The van der Waals surface area contributed by atoms with Crippen LogP contribution in [0.1, 0.15) is 24.2 Å². The number of benzene rings is 1. The van der Waals surface area contributed by atoms with Gasteiger partial charge in [-0.3, -0.25) is 4.79 Å². The second kappa shape index (κ2) is 4.97. The molecule has 0 spiro atoms. The summed E-state index contributed by atoms with van der Waals surface area (Å²) in [6.07, 6.45) is 0. The zero-order valence-electron chi connectivity index (χ0n) is 10.4. The van der Waals surface area contributed by atoms with Gasteiger partial charge >= 0.3 is 0 Å². The zero-order chi connectivity index (χ0) is 13.3. The van der Waals surface area contributed by atoms with Crippen LogP contribution in [0.4, 0.5) is 4.39 Å². The Hall–Kier alpha value is -0.940. The van der Waals surface area contributed by atoms with Crippen molar-refractivity contribution in [2.24, 2.45) is 0 Å². The van der Waals surface area contributed by atoms with Crippen LogP contribution in [0.25, 0.3) is 0 Å². The van der Waals surface area contributed by atoms with Crippen LogP contribution >= 0.6 is 15.9 Å². The van der Waals surface area contributed by atoms with Gasteiger partial charge in [0.05, 0.1) is 24.3 Å². The van der Waals surface area contributed by atoms with Gasteiger partial charge in [0.25, 0.3) is 5.91 Å². The Morgan fingerprint density at radius 2 is 2.22 bits per heavy atom. The van der Waals surface area contributed by atoms with E-state index >= 15 is 0 Å². The monoisotopic (exact) mass is 315 g/mol. The lowest BCUT2D eigenvalue weighted by molar-refractivity contribution is -0.0372. The molecule has 3 nitrogen and oxygen atoms in total. The number of halogens is 2. The third-order valence-electron chi connectivity index (χ3n) is 3.05. The Labute approximate surface area is 114 Å². The molecular formula is C13H15BrFNO2. The molecule has 0 aromatic heterocycles. The molecule has 0 aliphatic carbocycles. The van der Waals surface area contributed by atoms with Crippen molar-refractivity contribution in [1.29, 1.82) is 0 Å². The standard InChI is InChI=1S/C13H15BrFNO2/c1-13(2)8-18-6-5-16(13)12(17)10-7-9(14)3-4-11(10)15/h3-4,7H,5-6,8H2,1-2H3. The second-order valence-electron chi connectivity index (χ2n) is 4.95. The summed E-state index contributed by atoms with van der Waals surface area (Å²) in [6, 6.07) is 4.39. The molecule has 1 fully saturated rings. The summed E-state index contributed by atoms with van der Waals surface area (Å²) in [5.74, 6) is -0.785. The first kappa shape index (κ1) is 13.5. The Morgan fingerprint density at radius 1 is 1.50 bits per heavy atom. The van der Waals surface area contributed by atoms with E-state index in [-0.39, 0.29) is 11.5 Å². The summed E-state index contributed by atoms with van der Waals surface area (Å²) in [4.78, 5) is 14.1. The van der Waals surface area contributed by atoms with Crippen molar-refractivity contribution in [3.8, 4) is 0 Å². The van der Waals surface area contributed by atoms with Gasteiger partial charge in [0.15, 0.2) is 0 Å². The maximum Gasteiger partial charge on any atom is 0.257 e. The highest BCUT2D eigenvalue weighted by Crippen LogP contribution is 2.24. The normalized spacial score (nSPS) is 18.8. The fraction of sp³-hybridized carbons (Fsp3) is 0.462. The summed E-state index contributed by atoms with van der Waals surface area (Å²) in [6.45, 7) is 5.27. The van der Waals surface area contributed by atoms with Gasteiger partial charge in [-0.2, -0.15) is 0 Å². The molecule has 1 aliphatic rings. The third kappa shape index (κ3) is 2.57. The highest BCUT2D eigenvalue weighted by Gasteiger charge is 2.35. The van der Waals surface area contributed by atoms with Crippen molar-refractivity contribution in [2.75, 3.05) is 19.8 Å². The molecule has 0 bridgehead atoms. The average molecular weight is 316 g/mol. The van der Waals surface area contributed by atoms with Gasteiger partial charge < -0.3 is 9.64 Å². The van der Waals surface area contributed by atoms with E-state index in [1.54, 1.807) is 11.0 Å². The van der Waals surface area contributed by atoms with E-state index < -0.39 is 11.4 Å². The largest absolute Gasteiger partial charge is 0.377 e. The van der Waals surface area contributed by atoms with E-state index in [2.05, 4.69) is 15.9 Å². The van der Waals surface area contributed by atoms with Crippen LogP contribution in [0.3, 0.4) is 0 Å². The molecule has 1 saturated heterocycles. The van der Waals surface area contributed by atoms with Crippen molar-refractivity contribution in [2.45, 2.75) is 19.4 Å². The lowest BCUT2D eigenvalue weighted by Gasteiger charge is -2.42. The molecule has 98 valence electrons. The van der Waals surface area contributed by atoms with E-state index in [0.717, 1.165) is 0 Å². The van der Waals surface area contributed by atoms with Crippen LogP contribution in [0.15, 0.2) is 22.7 Å². The SMILES string of the molecule is CC1(C)COCCN1C(=O)c1cc(Br)ccc1F. The molecule has 1 amide bonds. The van der Waals surface area contributed by atoms with Gasteiger partial charge in [0.1, 0.15) is 5.82 Å². The maximum absolute atomic E-state index is 13.7. The van der Waals surface area contributed by atoms with E-state index in [0.29, 0.717) is 24.2 Å². The van der Waals surface area contributed by atoms with Crippen LogP contribution in [0, 0.1) is 5.82 Å². The Kier molecular flexibility index (Phi) is 3.73. The van der Waals surface area contributed by atoms with Crippen molar-refractivity contribution >= 4 is 21.8 Å². The summed E-state index contributed by atoms with van der Waals surface area (Å²) < 4.78 is 19.8. The molecule has 0 radical (unpaired) electrons. The predicted octanol–water partition coefficient (Wildman–Crippen LogP) is 2.84. The topological polar surface area (TPSA) is 29.5 Å². The first-order valence-electron chi connectivity index (χ1n) is 5.76. The molecule has 0 saturated carbocycles. The van der Waals surface area contributed by atoms with Crippen LogP contribution in [-0.4, -0.2) is 36.1 Å². The molecule has 18 heavy (non-hydrogen) atoms. The third-order valence-corrected chi connectivity index (χ3v) is 3.54. The van der Waals surface area contributed by atoms with E-state index in [1.807, 2.05) is 13.8 Å². The van der Waals surface area contributed by atoms with Crippen LogP contribution < -0.4 is 0 Å². The minimum atomic E-state index is -0.495. The molecule has 0 N–H and O–H groups in total. The Balaban J connectivity index is 2.33. The lowest BCUT2D eigenvalue weighted by Crippen LogP contribution is -2.55. The van der Waals surface area contributed by atoms with Crippen LogP contribution in [-0.2, 0) is 4.74 Å². The fourth-order valence-electron chi connectivity index (χ4n) is 2.04. The molecule has 1 aromatic rings. The van der Waals surface area contributed by atoms with E-state index in [4.69, 9.17) is 4.74 Å². The van der Waals surface area contributed by atoms with Crippen molar-refractivity contribution < 1.29 is 13.9 Å². The molecule has 0 unspecified atom stereocenters. The lowest BCUT2D eigenvalue weighted by atomic mass is 10.0. The number of hydrogen-bond acceptors (Lipinski definition) is 2. The number of carbonyl (C=O) groups excluding carboxylic acids is 1. The van der Waals surface area contributed by atoms with E-state index in [1.165, 1.54) is 12.1 Å². The fourth-order valence-corrected chi connectivity index (χ4v) is 2.40. The van der Waals surface area contributed by atoms with Gasteiger partial charge in [-0.25, -0.2) is 4.39 Å². The first-order chi connectivity index (χ1) is 8.42. The number of amides is 1. The summed E-state index contributed by atoms with van der Waals surface area (Å²) >= 11 is 3.26. The molecule has 1 heterocycles. The quantitative estimate of drug-likeness (QED) is 0.797. The molecule has 1 aliphatic heterocycles. The number of morpholine rings is 1. The van der Waals surface area contributed by atoms with Crippen molar-refractivity contribution in [1.82, 2.24) is 4.90 Å². The zero-order valence-corrected chi connectivity index (χ0v) is 12.0. The number of hydrogen-bond donors (Lipinski definition) is 0.